The first-order chi connectivity index (χ1) is 13.6. The van der Waals surface area contributed by atoms with Gasteiger partial charge in [0, 0.05) is 24.2 Å². The highest BCUT2D eigenvalue weighted by Gasteiger charge is 2.21. The third kappa shape index (κ3) is 5.55. The Morgan fingerprint density at radius 3 is 2.34 bits per heavy atom. The molecule has 29 heavy (non-hydrogen) atoms. The van der Waals surface area contributed by atoms with Crippen LogP contribution in [0.1, 0.15) is 29.8 Å². The number of ether oxygens (including phenoxy) is 2. The van der Waals surface area contributed by atoms with E-state index < -0.39 is 10.0 Å². The quantitative estimate of drug-likeness (QED) is 0.650. The summed E-state index contributed by atoms with van der Waals surface area (Å²) in [6, 6.07) is 7.28. The van der Waals surface area contributed by atoms with Gasteiger partial charge < -0.3 is 14.8 Å². The average molecular weight is 441 g/mol. The number of rotatable bonds is 8. The fourth-order valence-electron chi connectivity index (χ4n) is 2.55. The number of sulfonamides is 1. The number of hydrogen-bond acceptors (Lipinski definition) is 5. The van der Waals surface area contributed by atoms with Crippen molar-refractivity contribution < 1.29 is 22.7 Å². The lowest BCUT2D eigenvalue weighted by atomic mass is 10.1. The molecule has 0 saturated carbocycles. The van der Waals surface area contributed by atoms with Gasteiger partial charge in [0.1, 0.15) is 11.5 Å². The number of anilines is 1. The molecule has 0 spiro atoms. The Hall–Kier alpha value is -2.45. The highest BCUT2D eigenvalue weighted by molar-refractivity contribution is 7.92. The summed E-state index contributed by atoms with van der Waals surface area (Å²) >= 11 is 6.07. The third-order valence-corrected chi connectivity index (χ3v) is 5.81. The van der Waals surface area contributed by atoms with Crippen LogP contribution in [0.25, 0.3) is 0 Å². The Morgan fingerprint density at radius 1 is 1.10 bits per heavy atom. The van der Waals surface area contributed by atoms with Crippen molar-refractivity contribution in [2.45, 2.75) is 25.7 Å². The van der Waals surface area contributed by atoms with E-state index in [0.29, 0.717) is 23.4 Å². The maximum Gasteiger partial charge on any atom is 0.262 e. The molecular formula is C20H25ClN2O5S. The highest BCUT2D eigenvalue weighted by Crippen LogP contribution is 2.37. The van der Waals surface area contributed by atoms with Crippen LogP contribution in [0, 0.1) is 12.8 Å². The van der Waals surface area contributed by atoms with Gasteiger partial charge in [-0.1, -0.05) is 31.5 Å². The lowest BCUT2D eigenvalue weighted by molar-refractivity contribution is 0.0948. The van der Waals surface area contributed by atoms with E-state index in [4.69, 9.17) is 21.1 Å². The summed E-state index contributed by atoms with van der Waals surface area (Å²) < 4.78 is 38.7. The number of hydrogen-bond donors (Lipinski definition) is 2. The maximum absolute atomic E-state index is 12.9. The standard InChI is InChI=1S/C20H25ClN2O5S/c1-12(2)11-22-20(24)15-8-14(7-6-13(15)3)29(25,26)23-17-10-18(27-4)16(21)9-19(17)28-5/h6-10,12,23H,11H2,1-5H3,(H,22,24). The van der Waals surface area contributed by atoms with Gasteiger partial charge in [-0.2, -0.15) is 0 Å². The lowest BCUT2D eigenvalue weighted by Crippen LogP contribution is -2.28. The summed E-state index contributed by atoms with van der Waals surface area (Å²) in [6.45, 7) is 6.20. The second-order valence-electron chi connectivity index (χ2n) is 6.87. The van der Waals surface area contributed by atoms with E-state index in [0.717, 1.165) is 0 Å². The van der Waals surface area contributed by atoms with Crippen LogP contribution in [-0.2, 0) is 10.0 Å². The molecule has 0 heterocycles. The minimum absolute atomic E-state index is 0.0474. The van der Waals surface area contributed by atoms with Crippen LogP contribution in [0.15, 0.2) is 35.2 Å². The van der Waals surface area contributed by atoms with E-state index >= 15 is 0 Å². The van der Waals surface area contributed by atoms with Crippen LogP contribution >= 0.6 is 11.6 Å². The van der Waals surface area contributed by atoms with Crippen molar-refractivity contribution in [3.63, 3.8) is 0 Å². The number of halogens is 1. The second kappa shape index (κ2) is 9.37. The molecule has 158 valence electrons. The van der Waals surface area contributed by atoms with E-state index in [2.05, 4.69) is 10.0 Å². The van der Waals surface area contributed by atoms with Crippen molar-refractivity contribution >= 4 is 33.2 Å². The molecule has 2 aromatic rings. The number of nitrogens with one attached hydrogen (secondary N) is 2. The Bertz CT molecular complexity index is 1010. The summed E-state index contributed by atoms with van der Waals surface area (Å²) in [5.41, 5.74) is 1.14. The highest BCUT2D eigenvalue weighted by atomic mass is 35.5. The number of benzene rings is 2. The number of aryl methyl sites for hydroxylation is 1. The van der Waals surface area contributed by atoms with Gasteiger partial charge in [0.05, 0.1) is 29.8 Å². The smallest absolute Gasteiger partial charge is 0.262 e. The largest absolute Gasteiger partial charge is 0.495 e. The molecule has 0 unspecified atom stereocenters. The molecule has 7 nitrogen and oxygen atoms in total. The Morgan fingerprint density at radius 2 is 1.76 bits per heavy atom. The zero-order valence-electron chi connectivity index (χ0n) is 17.0. The predicted molar refractivity (Wildman–Crippen MR) is 114 cm³/mol. The number of methoxy groups -OCH3 is 2. The summed E-state index contributed by atoms with van der Waals surface area (Å²) in [5.74, 6) is 0.489. The summed E-state index contributed by atoms with van der Waals surface area (Å²) in [7, 11) is -1.17. The first-order valence-electron chi connectivity index (χ1n) is 8.92. The molecule has 0 fully saturated rings. The van der Waals surface area contributed by atoms with Crippen LogP contribution in [-0.4, -0.2) is 35.1 Å². The van der Waals surface area contributed by atoms with E-state index in [-0.39, 0.29) is 33.2 Å². The van der Waals surface area contributed by atoms with Crippen molar-refractivity contribution in [1.82, 2.24) is 5.32 Å². The minimum Gasteiger partial charge on any atom is -0.495 e. The Kier molecular flexibility index (Phi) is 7.37. The van der Waals surface area contributed by atoms with Gasteiger partial charge in [-0.3, -0.25) is 9.52 Å². The molecule has 2 aromatic carbocycles. The number of carbonyl (C=O) groups excluding carboxylic acids is 1. The van der Waals surface area contributed by atoms with Gasteiger partial charge in [-0.25, -0.2) is 8.42 Å². The van der Waals surface area contributed by atoms with Gasteiger partial charge in [0.25, 0.3) is 15.9 Å². The maximum atomic E-state index is 12.9. The fraction of sp³-hybridized carbons (Fsp3) is 0.350. The molecule has 0 bridgehead atoms. The summed E-state index contributed by atoms with van der Waals surface area (Å²) in [6.07, 6.45) is 0. The molecule has 9 heteroatoms. The van der Waals surface area contributed by atoms with Crippen LogP contribution in [0.2, 0.25) is 5.02 Å². The van der Waals surface area contributed by atoms with Crippen LogP contribution in [0.3, 0.4) is 0 Å². The molecular weight excluding hydrogens is 416 g/mol. The van der Waals surface area contributed by atoms with E-state index in [9.17, 15) is 13.2 Å². The van der Waals surface area contributed by atoms with Gasteiger partial charge in [0.15, 0.2) is 0 Å². The second-order valence-corrected chi connectivity index (χ2v) is 8.96. The molecule has 2 rings (SSSR count). The molecule has 0 aliphatic heterocycles. The average Bonchev–Trinajstić information content (AvgIpc) is 2.67. The molecule has 1 amide bonds. The topological polar surface area (TPSA) is 93.7 Å². The van der Waals surface area contributed by atoms with Crippen molar-refractivity contribution in [2.24, 2.45) is 5.92 Å². The van der Waals surface area contributed by atoms with E-state index in [1.165, 1.54) is 38.5 Å². The van der Waals surface area contributed by atoms with Crippen molar-refractivity contribution in [2.75, 3.05) is 25.5 Å². The molecule has 0 aliphatic rings. The van der Waals surface area contributed by atoms with Crippen LogP contribution in [0.4, 0.5) is 5.69 Å². The van der Waals surface area contributed by atoms with Gasteiger partial charge in [-0.05, 0) is 30.5 Å². The van der Waals surface area contributed by atoms with E-state index in [1.54, 1.807) is 13.0 Å². The number of amides is 1. The first kappa shape index (κ1) is 22.8. The minimum atomic E-state index is -4.00. The molecule has 0 aromatic heterocycles. The van der Waals surface area contributed by atoms with Crippen LogP contribution in [0.5, 0.6) is 11.5 Å². The van der Waals surface area contributed by atoms with Gasteiger partial charge >= 0.3 is 0 Å². The predicted octanol–water partition coefficient (Wildman–Crippen LogP) is 3.85. The first-order valence-corrected chi connectivity index (χ1v) is 10.8. The fourth-order valence-corrected chi connectivity index (χ4v) is 3.87. The third-order valence-electron chi connectivity index (χ3n) is 4.15. The molecule has 0 saturated heterocycles. The number of carbonyl (C=O) groups is 1. The zero-order valence-corrected chi connectivity index (χ0v) is 18.6. The van der Waals surface area contributed by atoms with Gasteiger partial charge in [0.2, 0.25) is 0 Å². The van der Waals surface area contributed by atoms with Crippen molar-refractivity contribution in [3.05, 3.63) is 46.5 Å². The normalized spacial score (nSPS) is 11.3. The van der Waals surface area contributed by atoms with E-state index in [1.807, 2.05) is 13.8 Å². The van der Waals surface area contributed by atoms with Crippen molar-refractivity contribution in [1.29, 1.82) is 0 Å². The SMILES string of the molecule is COc1cc(NS(=O)(=O)c2ccc(C)c(C(=O)NCC(C)C)c2)c(OC)cc1Cl. The molecule has 0 radical (unpaired) electrons. The van der Waals surface area contributed by atoms with Gasteiger partial charge in [-0.15, -0.1) is 0 Å². The van der Waals surface area contributed by atoms with Crippen LogP contribution < -0.4 is 19.5 Å². The lowest BCUT2D eigenvalue weighted by Gasteiger charge is -2.15. The monoisotopic (exact) mass is 440 g/mol. The summed E-state index contributed by atoms with van der Waals surface area (Å²) in [5, 5.41) is 3.09. The Labute approximate surface area is 176 Å². The molecule has 2 N–H and O–H groups in total. The zero-order chi connectivity index (χ0) is 21.8. The summed E-state index contributed by atoms with van der Waals surface area (Å²) in [4.78, 5) is 12.4. The molecule has 0 aliphatic carbocycles. The molecule has 0 atom stereocenters. The Balaban J connectivity index is 2.39. The van der Waals surface area contributed by atoms with Crippen molar-refractivity contribution in [3.8, 4) is 11.5 Å².